The highest BCUT2D eigenvalue weighted by Gasteiger charge is 2.03. The van der Waals surface area contributed by atoms with E-state index in [2.05, 4.69) is 0 Å². The van der Waals surface area contributed by atoms with Gasteiger partial charge in [0.2, 0.25) is 0 Å². The molecular weight excluding hydrogens is 196 g/mol. The lowest BCUT2D eigenvalue weighted by atomic mass is 10.1. The number of fused-ring (bicyclic) bond motifs is 1. The summed E-state index contributed by atoms with van der Waals surface area (Å²) < 4.78 is 18.5. The van der Waals surface area contributed by atoms with Gasteiger partial charge in [0.05, 0.1) is 4.90 Å². The van der Waals surface area contributed by atoms with E-state index in [4.69, 9.17) is 9.92 Å². The number of rotatable bonds is 1. The minimum Gasteiger partial charge on any atom is -0.241 e. The molecule has 0 saturated carbocycles. The Labute approximate surface area is 82.7 Å². The van der Waals surface area contributed by atoms with Gasteiger partial charge in [0.15, 0.2) is 0 Å². The van der Waals surface area contributed by atoms with Gasteiger partial charge in [-0.3, -0.25) is 0 Å². The summed E-state index contributed by atoms with van der Waals surface area (Å²) >= 11 is 0. The van der Waals surface area contributed by atoms with Crippen molar-refractivity contribution in [3.05, 3.63) is 42.5 Å². The van der Waals surface area contributed by atoms with Crippen molar-refractivity contribution in [3.8, 4) is 0 Å². The summed E-state index contributed by atoms with van der Waals surface area (Å²) in [5.74, 6) is 0. The zero-order chi connectivity index (χ0) is 10.2. The predicted molar refractivity (Wildman–Crippen MR) is 57.3 cm³/mol. The van der Waals surface area contributed by atoms with Crippen LogP contribution in [0.2, 0.25) is 0 Å². The van der Waals surface area contributed by atoms with Crippen molar-refractivity contribution >= 4 is 20.7 Å². The fraction of sp³-hybridized carbons (Fsp3) is 0. The third kappa shape index (κ3) is 1.62. The molecule has 4 heteroatoms. The quantitative estimate of drug-likeness (QED) is 0.737. The normalized spacial score (nSPS) is 15.2. The molecule has 0 bridgehead atoms. The van der Waals surface area contributed by atoms with Crippen molar-refractivity contribution in [2.45, 2.75) is 4.90 Å². The highest BCUT2D eigenvalue weighted by atomic mass is 32.2. The van der Waals surface area contributed by atoms with E-state index in [0.29, 0.717) is 4.90 Å². The van der Waals surface area contributed by atoms with Crippen LogP contribution in [0.25, 0.3) is 10.8 Å². The van der Waals surface area contributed by atoms with Crippen LogP contribution in [0.5, 0.6) is 0 Å². The molecule has 0 spiro atoms. The van der Waals surface area contributed by atoms with E-state index in [0.717, 1.165) is 10.8 Å². The maximum atomic E-state index is 11.3. The predicted octanol–water partition coefficient (Wildman–Crippen LogP) is 2.12. The first-order chi connectivity index (χ1) is 6.57. The Bertz CT molecular complexity index is 575. The summed E-state index contributed by atoms with van der Waals surface area (Å²) in [6, 6.07) is 12.9. The smallest absolute Gasteiger partial charge is 0.132 e. The topological polar surface area (TPSA) is 66.9 Å². The molecule has 1 unspecified atom stereocenters. The van der Waals surface area contributed by atoms with Crippen LogP contribution in [0.4, 0.5) is 0 Å². The molecule has 0 aliphatic heterocycles. The minimum absolute atomic E-state index is 0.371. The van der Waals surface area contributed by atoms with E-state index < -0.39 is 9.92 Å². The molecule has 3 nitrogen and oxygen atoms in total. The van der Waals surface area contributed by atoms with E-state index in [1.807, 2.05) is 30.3 Å². The summed E-state index contributed by atoms with van der Waals surface area (Å²) in [5.41, 5.74) is 0. The fourth-order valence-corrected chi connectivity index (χ4v) is 1.93. The molecule has 1 atom stereocenters. The second-order valence-electron chi connectivity index (χ2n) is 3.11. The average molecular weight is 206 g/mol. The maximum absolute atomic E-state index is 11.3. The molecule has 0 amide bonds. The van der Waals surface area contributed by atoms with Crippen molar-refractivity contribution in [2.75, 3.05) is 0 Å². The average Bonchev–Trinajstić information content (AvgIpc) is 2.16. The van der Waals surface area contributed by atoms with Gasteiger partial charge in [-0.1, -0.05) is 30.3 Å². The summed E-state index contributed by atoms with van der Waals surface area (Å²) in [6.07, 6.45) is 0. The standard InChI is InChI=1S/C10H10N2OS/c11-14(12,13)10-6-5-8-3-1-2-4-9(8)7-10/h1-7H,(H3,11,12,13). The maximum Gasteiger partial charge on any atom is 0.132 e. The van der Waals surface area contributed by atoms with Crippen molar-refractivity contribution < 1.29 is 4.21 Å². The van der Waals surface area contributed by atoms with Crippen LogP contribution >= 0.6 is 0 Å². The van der Waals surface area contributed by atoms with Gasteiger partial charge < -0.3 is 0 Å². The third-order valence-electron chi connectivity index (χ3n) is 2.07. The van der Waals surface area contributed by atoms with Crippen LogP contribution in [0.15, 0.2) is 47.4 Å². The highest BCUT2D eigenvalue weighted by Crippen LogP contribution is 2.17. The molecule has 2 aromatic carbocycles. The van der Waals surface area contributed by atoms with Gasteiger partial charge in [-0.2, -0.15) is 0 Å². The highest BCUT2D eigenvalue weighted by molar-refractivity contribution is 7.90. The molecule has 14 heavy (non-hydrogen) atoms. The van der Waals surface area contributed by atoms with Crippen LogP contribution in [0.1, 0.15) is 0 Å². The van der Waals surface area contributed by atoms with Gasteiger partial charge >= 0.3 is 0 Å². The molecule has 2 rings (SSSR count). The van der Waals surface area contributed by atoms with E-state index in [-0.39, 0.29) is 0 Å². The Kier molecular flexibility index (Phi) is 2.02. The monoisotopic (exact) mass is 206 g/mol. The van der Waals surface area contributed by atoms with E-state index in [1.54, 1.807) is 12.1 Å². The molecule has 2 aromatic rings. The number of nitrogens with one attached hydrogen (secondary N) is 1. The van der Waals surface area contributed by atoms with Gasteiger partial charge in [0, 0.05) is 0 Å². The SMILES string of the molecule is N=S(N)(=O)c1ccc2ccccc2c1. The van der Waals surface area contributed by atoms with Crippen LogP contribution < -0.4 is 5.14 Å². The van der Waals surface area contributed by atoms with Gasteiger partial charge in [0.1, 0.15) is 9.92 Å². The number of nitrogens with two attached hydrogens (primary N) is 1. The fourth-order valence-electron chi connectivity index (χ4n) is 1.36. The molecular formula is C10H10N2OS. The molecule has 0 heterocycles. The molecule has 0 fully saturated rings. The molecule has 0 aromatic heterocycles. The van der Waals surface area contributed by atoms with Crippen molar-refractivity contribution in [1.29, 1.82) is 4.78 Å². The second-order valence-corrected chi connectivity index (χ2v) is 4.78. The van der Waals surface area contributed by atoms with Gasteiger partial charge in [0.25, 0.3) is 0 Å². The van der Waals surface area contributed by atoms with E-state index in [1.165, 1.54) is 0 Å². The minimum atomic E-state index is -3.09. The summed E-state index contributed by atoms with van der Waals surface area (Å²) in [4.78, 5) is 0.371. The largest absolute Gasteiger partial charge is 0.241 e. The van der Waals surface area contributed by atoms with E-state index in [9.17, 15) is 4.21 Å². The van der Waals surface area contributed by atoms with Gasteiger partial charge in [-0.05, 0) is 22.9 Å². The molecule has 72 valence electrons. The Morgan fingerprint density at radius 3 is 2.36 bits per heavy atom. The first kappa shape index (κ1) is 9.18. The van der Waals surface area contributed by atoms with Crippen molar-refractivity contribution in [1.82, 2.24) is 0 Å². The van der Waals surface area contributed by atoms with Crippen LogP contribution in [-0.4, -0.2) is 4.21 Å². The molecule has 0 aliphatic rings. The van der Waals surface area contributed by atoms with Crippen molar-refractivity contribution in [3.63, 3.8) is 0 Å². The summed E-state index contributed by atoms with van der Waals surface area (Å²) in [6.45, 7) is 0. The lowest BCUT2D eigenvalue weighted by Crippen LogP contribution is -2.09. The Morgan fingerprint density at radius 2 is 1.71 bits per heavy atom. The second kappa shape index (κ2) is 3.08. The zero-order valence-corrected chi connectivity index (χ0v) is 8.25. The van der Waals surface area contributed by atoms with Gasteiger partial charge in [-0.25, -0.2) is 14.1 Å². The first-order valence-corrected chi connectivity index (χ1v) is 5.75. The summed E-state index contributed by atoms with van der Waals surface area (Å²) in [5, 5.41) is 7.25. The zero-order valence-electron chi connectivity index (χ0n) is 7.44. The van der Waals surface area contributed by atoms with Crippen LogP contribution in [0, 0.1) is 4.78 Å². The Hall–Kier alpha value is -1.39. The van der Waals surface area contributed by atoms with Crippen molar-refractivity contribution in [2.24, 2.45) is 5.14 Å². The number of hydrogen-bond acceptors (Lipinski definition) is 2. The first-order valence-electron chi connectivity index (χ1n) is 4.13. The molecule has 3 N–H and O–H groups in total. The number of benzene rings is 2. The Morgan fingerprint density at radius 1 is 1.07 bits per heavy atom. The van der Waals surface area contributed by atoms with Crippen LogP contribution in [0.3, 0.4) is 0 Å². The number of hydrogen-bond donors (Lipinski definition) is 2. The lowest BCUT2D eigenvalue weighted by molar-refractivity contribution is 0.676. The lowest BCUT2D eigenvalue weighted by Gasteiger charge is -2.02. The van der Waals surface area contributed by atoms with Crippen LogP contribution in [-0.2, 0) is 9.92 Å². The summed E-state index contributed by atoms with van der Waals surface area (Å²) in [7, 11) is -3.09. The molecule has 0 radical (unpaired) electrons. The molecule has 0 saturated heterocycles. The van der Waals surface area contributed by atoms with E-state index >= 15 is 0 Å². The van der Waals surface area contributed by atoms with Gasteiger partial charge in [-0.15, -0.1) is 0 Å². The Balaban J connectivity index is 2.75. The third-order valence-corrected chi connectivity index (χ3v) is 3.03. The molecule has 0 aliphatic carbocycles.